The zero-order valence-corrected chi connectivity index (χ0v) is 13.1. The van der Waals surface area contributed by atoms with Crippen molar-refractivity contribution in [1.82, 2.24) is 10.0 Å². The standard InChI is InChI=1S/C13H22N2O2S2/c1-10(11-5-3-4-6-11)15-19(16,17)13-7-8-18-12(13)9-14-2/h7-8,10-11,14-15H,3-6,9H2,1-2H3. The first kappa shape index (κ1) is 15.0. The maximum Gasteiger partial charge on any atom is 0.241 e. The first-order chi connectivity index (χ1) is 9.04. The van der Waals surface area contributed by atoms with Crippen molar-refractivity contribution in [2.24, 2.45) is 5.92 Å². The molecule has 0 bridgehead atoms. The van der Waals surface area contributed by atoms with Crippen molar-refractivity contribution in [3.63, 3.8) is 0 Å². The van der Waals surface area contributed by atoms with E-state index in [9.17, 15) is 8.42 Å². The van der Waals surface area contributed by atoms with Gasteiger partial charge < -0.3 is 5.32 Å². The molecule has 1 unspecified atom stereocenters. The molecule has 1 aliphatic rings. The van der Waals surface area contributed by atoms with Gasteiger partial charge >= 0.3 is 0 Å². The molecule has 1 aliphatic carbocycles. The van der Waals surface area contributed by atoms with Gasteiger partial charge in [-0.3, -0.25) is 0 Å². The minimum atomic E-state index is -3.39. The number of hydrogen-bond acceptors (Lipinski definition) is 4. The zero-order valence-electron chi connectivity index (χ0n) is 11.5. The Morgan fingerprint density at radius 3 is 2.74 bits per heavy atom. The normalized spacial score (nSPS) is 18.8. The van der Waals surface area contributed by atoms with Gasteiger partial charge in [0.05, 0.1) is 4.90 Å². The van der Waals surface area contributed by atoms with Crippen LogP contribution in [0.2, 0.25) is 0 Å². The van der Waals surface area contributed by atoms with Crippen LogP contribution >= 0.6 is 11.3 Å². The summed E-state index contributed by atoms with van der Waals surface area (Å²) in [7, 11) is -1.56. The lowest BCUT2D eigenvalue weighted by Gasteiger charge is -2.20. The van der Waals surface area contributed by atoms with E-state index in [0.717, 1.165) is 17.7 Å². The van der Waals surface area contributed by atoms with E-state index in [1.54, 1.807) is 6.07 Å². The minimum Gasteiger partial charge on any atom is -0.315 e. The topological polar surface area (TPSA) is 58.2 Å². The summed E-state index contributed by atoms with van der Waals surface area (Å²) in [6.07, 6.45) is 4.72. The molecule has 0 spiro atoms. The van der Waals surface area contributed by atoms with Gasteiger partial charge in [0, 0.05) is 17.5 Å². The highest BCUT2D eigenvalue weighted by Gasteiger charge is 2.27. The lowest BCUT2D eigenvalue weighted by Crippen LogP contribution is -2.37. The summed E-state index contributed by atoms with van der Waals surface area (Å²) in [6, 6.07) is 1.72. The van der Waals surface area contributed by atoms with Gasteiger partial charge in [-0.25, -0.2) is 13.1 Å². The molecule has 1 atom stereocenters. The monoisotopic (exact) mass is 302 g/mol. The van der Waals surface area contributed by atoms with Gasteiger partial charge in [-0.2, -0.15) is 0 Å². The van der Waals surface area contributed by atoms with Crippen LogP contribution in [-0.2, 0) is 16.6 Å². The Labute approximate surface area is 119 Å². The molecular formula is C13H22N2O2S2. The second-order valence-electron chi connectivity index (χ2n) is 5.19. The molecule has 6 heteroatoms. The molecule has 1 saturated carbocycles. The maximum absolute atomic E-state index is 12.4. The second kappa shape index (κ2) is 6.35. The first-order valence-corrected chi connectivity index (χ1v) is 9.14. The predicted octanol–water partition coefficient (Wildman–Crippen LogP) is 2.32. The van der Waals surface area contributed by atoms with Crippen LogP contribution in [0.4, 0.5) is 0 Å². The number of rotatable bonds is 6. The van der Waals surface area contributed by atoms with Crippen LogP contribution in [0.5, 0.6) is 0 Å². The molecule has 1 aromatic rings. The summed E-state index contributed by atoms with van der Waals surface area (Å²) in [5.74, 6) is 0.487. The van der Waals surface area contributed by atoms with Gasteiger partial charge in [-0.05, 0) is 44.2 Å². The van der Waals surface area contributed by atoms with Gasteiger partial charge in [-0.15, -0.1) is 11.3 Å². The largest absolute Gasteiger partial charge is 0.315 e. The van der Waals surface area contributed by atoms with E-state index >= 15 is 0 Å². The van der Waals surface area contributed by atoms with Crippen LogP contribution in [0.25, 0.3) is 0 Å². The molecule has 0 amide bonds. The van der Waals surface area contributed by atoms with Crippen molar-refractivity contribution < 1.29 is 8.42 Å². The first-order valence-electron chi connectivity index (χ1n) is 6.78. The van der Waals surface area contributed by atoms with Gasteiger partial charge in [0.25, 0.3) is 0 Å². The summed E-state index contributed by atoms with van der Waals surface area (Å²) in [6.45, 7) is 2.57. The van der Waals surface area contributed by atoms with Crippen molar-refractivity contribution in [2.75, 3.05) is 7.05 Å². The van der Waals surface area contributed by atoms with Crippen molar-refractivity contribution >= 4 is 21.4 Å². The van der Waals surface area contributed by atoms with Crippen molar-refractivity contribution in [1.29, 1.82) is 0 Å². The highest BCUT2D eigenvalue weighted by atomic mass is 32.2. The Kier molecular flexibility index (Phi) is 5.00. The van der Waals surface area contributed by atoms with E-state index in [1.165, 1.54) is 24.2 Å². The Morgan fingerprint density at radius 2 is 2.11 bits per heavy atom. The highest BCUT2D eigenvalue weighted by molar-refractivity contribution is 7.89. The predicted molar refractivity (Wildman–Crippen MR) is 78.8 cm³/mol. The van der Waals surface area contributed by atoms with E-state index in [-0.39, 0.29) is 6.04 Å². The minimum absolute atomic E-state index is 0.0230. The van der Waals surface area contributed by atoms with E-state index in [1.807, 2.05) is 19.4 Å². The van der Waals surface area contributed by atoms with E-state index in [4.69, 9.17) is 0 Å². The van der Waals surface area contributed by atoms with Gasteiger partial charge in [0.1, 0.15) is 0 Å². The van der Waals surface area contributed by atoms with Gasteiger partial charge in [0.2, 0.25) is 10.0 Å². The van der Waals surface area contributed by atoms with Crippen molar-refractivity contribution in [3.8, 4) is 0 Å². The molecule has 1 aromatic heterocycles. The molecule has 0 aromatic carbocycles. The van der Waals surface area contributed by atoms with Crippen LogP contribution in [0.15, 0.2) is 16.3 Å². The average Bonchev–Trinajstić information content (AvgIpc) is 2.99. The Bertz CT molecular complexity index is 504. The fraction of sp³-hybridized carbons (Fsp3) is 0.692. The van der Waals surface area contributed by atoms with Crippen LogP contribution in [0.1, 0.15) is 37.5 Å². The molecule has 0 aliphatic heterocycles. The van der Waals surface area contributed by atoms with Gasteiger partial charge in [-0.1, -0.05) is 12.8 Å². The molecule has 0 radical (unpaired) electrons. The number of sulfonamides is 1. The molecule has 0 saturated heterocycles. The Hall–Kier alpha value is -0.430. The third kappa shape index (κ3) is 3.56. The van der Waals surface area contributed by atoms with Gasteiger partial charge in [0.15, 0.2) is 0 Å². The fourth-order valence-corrected chi connectivity index (χ4v) is 5.49. The summed E-state index contributed by atoms with van der Waals surface area (Å²) in [4.78, 5) is 1.30. The number of nitrogens with one attached hydrogen (secondary N) is 2. The molecular weight excluding hydrogens is 280 g/mol. The van der Waals surface area contributed by atoms with Crippen LogP contribution < -0.4 is 10.0 Å². The molecule has 19 heavy (non-hydrogen) atoms. The number of thiophene rings is 1. The summed E-state index contributed by atoms with van der Waals surface area (Å²) >= 11 is 1.48. The third-order valence-corrected chi connectivity index (χ3v) is 6.47. The smallest absolute Gasteiger partial charge is 0.241 e. The van der Waals surface area contributed by atoms with E-state index < -0.39 is 10.0 Å². The fourth-order valence-electron chi connectivity index (χ4n) is 2.72. The van der Waals surface area contributed by atoms with Crippen molar-refractivity contribution in [3.05, 3.63) is 16.3 Å². The Morgan fingerprint density at radius 1 is 1.42 bits per heavy atom. The maximum atomic E-state index is 12.4. The number of hydrogen-bond donors (Lipinski definition) is 2. The second-order valence-corrected chi connectivity index (χ2v) is 7.88. The highest BCUT2D eigenvalue weighted by Crippen LogP contribution is 2.29. The average molecular weight is 302 g/mol. The molecule has 1 heterocycles. The summed E-state index contributed by atoms with van der Waals surface area (Å²) in [5, 5.41) is 4.84. The van der Waals surface area contributed by atoms with Crippen LogP contribution in [0, 0.1) is 5.92 Å². The van der Waals surface area contributed by atoms with Crippen LogP contribution in [-0.4, -0.2) is 21.5 Å². The zero-order chi connectivity index (χ0) is 13.9. The molecule has 2 N–H and O–H groups in total. The Balaban J connectivity index is 2.10. The molecule has 4 nitrogen and oxygen atoms in total. The van der Waals surface area contributed by atoms with E-state index in [0.29, 0.717) is 17.4 Å². The quantitative estimate of drug-likeness (QED) is 0.848. The van der Waals surface area contributed by atoms with Crippen molar-refractivity contribution in [2.45, 2.75) is 50.1 Å². The summed E-state index contributed by atoms with van der Waals surface area (Å²) in [5.41, 5.74) is 0. The molecule has 108 valence electrons. The molecule has 1 fully saturated rings. The summed E-state index contributed by atoms with van der Waals surface area (Å²) < 4.78 is 27.7. The third-order valence-electron chi connectivity index (χ3n) is 3.78. The van der Waals surface area contributed by atoms with Crippen LogP contribution in [0.3, 0.4) is 0 Å². The lowest BCUT2D eigenvalue weighted by atomic mass is 10.0. The lowest BCUT2D eigenvalue weighted by molar-refractivity contribution is 0.424. The van der Waals surface area contributed by atoms with E-state index in [2.05, 4.69) is 10.0 Å². The SMILES string of the molecule is CNCc1sccc1S(=O)(=O)NC(C)C1CCCC1. The molecule has 2 rings (SSSR count).